The highest BCUT2D eigenvalue weighted by atomic mass is 32.1. The summed E-state index contributed by atoms with van der Waals surface area (Å²) in [6.07, 6.45) is 0.234. The van der Waals surface area contributed by atoms with Crippen LogP contribution in [0.25, 0.3) is 10.6 Å². The van der Waals surface area contributed by atoms with E-state index in [0.29, 0.717) is 19.8 Å². The molecule has 1 N–H and O–H groups in total. The van der Waals surface area contributed by atoms with E-state index in [0.717, 1.165) is 53.0 Å². The number of aromatic nitrogens is 1. The Morgan fingerprint density at radius 1 is 1.00 bits per heavy atom. The lowest BCUT2D eigenvalue weighted by molar-refractivity contribution is -0.120. The van der Waals surface area contributed by atoms with Crippen LogP contribution in [-0.4, -0.2) is 48.6 Å². The van der Waals surface area contributed by atoms with E-state index in [-0.39, 0.29) is 12.3 Å². The van der Waals surface area contributed by atoms with E-state index in [1.54, 1.807) is 0 Å². The normalized spacial score (nSPS) is 10.9. The lowest BCUT2D eigenvalue weighted by Gasteiger charge is -2.19. The molecule has 1 heterocycles. The smallest absolute Gasteiger partial charge is 0.226 e. The molecule has 1 aromatic heterocycles. The number of rotatable bonds is 13. The van der Waals surface area contributed by atoms with Crippen LogP contribution in [-0.2, 0) is 17.8 Å². The molecule has 0 fully saturated rings. The van der Waals surface area contributed by atoms with Crippen LogP contribution in [0.1, 0.15) is 32.0 Å². The Balaban J connectivity index is 1.55. The van der Waals surface area contributed by atoms with Crippen molar-refractivity contribution in [1.29, 1.82) is 0 Å². The number of para-hydroxylation sites is 2. The predicted octanol–water partition coefficient (Wildman–Crippen LogP) is 4.79. The molecule has 0 spiro atoms. The van der Waals surface area contributed by atoms with Gasteiger partial charge < -0.3 is 19.7 Å². The number of carbonyl (C=O) groups is 1. The molecule has 7 heteroatoms. The molecule has 0 radical (unpaired) electrons. The first-order valence-corrected chi connectivity index (χ1v) is 12.4. The lowest BCUT2D eigenvalue weighted by Crippen LogP contribution is -2.28. The van der Waals surface area contributed by atoms with Crippen molar-refractivity contribution in [3.05, 3.63) is 65.2 Å². The maximum atomic E-state index is 12.6. The van der Waals surface area contributed by atoms with Crippen molar-refractivity contribution >= 4 is 17.2 Å². The number of ether oxygens (including phenoxy) is 2. The highest BCUT2D eigenvalue weighted by Gasteiger charge is 2.13. The summed E-state index contributed by atoms with van der Waals surface area (Å²) in [4.78, 5) is 19.6. The van der Waals surface area contributed by atoms with Gasteiger partial charge in [-0.25, -0.2) is 4.98 Å². The van der Waals surface area contributed by atoms with Gasteiger partial charge in [0.1, 0.15) is 23.1 Å². The van der Waals surface area contributed by atoms with Crippen molar-refractivity contribution in [3.63, 3.8) is 0 Å². The number of hydrogen-bond donors (Lipinski definition) is 1. The van der Waals surface area contributed by atoms with Crippen molar-refractivity contribution in [3.8, 4) is 22.1 Å². The number of amides is 1. The van der Waals surface area contributed by atoms with Crippen LogP contribution in [0.2, 0.25) is 0 Å². The molecule has 3 rings (SSSR count). The van der Waals surface area contributed by atoms with E-state index in [2.05, 4.69) is 29.0 Å². The molecule has 0 atom stereocenters. The Labute approximate surface area is 200 Å². The topological polar surface area (TPSA) is 63.7 Å². The van der Waals surface area contributed by atoms with Gasteiger partial charge in [-0.1, -0.05) is 44.2 Å². The molecule has 2 aromatic carbocycles. The molecule has 0 bridgehead atoms. The second kappa shape index (κ2) is 13.0. The van der Waals surface area contributed by atoms with E-state index in [4.69, 9.17) is 9.47 Å². The summed E-state index contributed by atoms with van der Waals surface area (Å²) in [5, 5.41) is 5.79. The fourth-order valence-electron chi connectivity index (χ4n) is 3.47. The summed E-state index contributed by atoms with van der Waals surface area (Å²) < 4.78 is 11.7. The largest absolute Gasteiger partial charge is 0.493 e. The number of carbonyl (C=O) groups excluding carboxylic acids is 1. The molecular formula is C26H33N3O3S. The van der Waals surface area contributed by atoms with Crippen LogP contribution in [0.15, 0.2) is 53.9 Å². The molecule has 0 saturated heterocycles. The third-order valence-electron chi connectivity index (χ3n) is 5.32. The third kappa shape index (κ3) is 7.30. The standard InChI is InChI=1S/C26H33N3O3S/c1-4-29(5-2)15-16-32-23-13-9-7-11-20(23)18-27-25(30)17-21-19-33-26(28-21)22-12-8-10-14-24(22)31-6-3/h7-14,19H,4-6,15-18H2,1-3H3,(H,27,30). The molecule has 0 saturated carbocycles. The maximum Gasteiger partial charge on any atom is 0.226 e. The van der Waals surface area contributed by atoms with Crippen molar-refractivity contribution in [2.45, 2.75) is 33.7 Å². The fraction of sp³-hybridized carbons (Fsp3) is 0.385. The molecule has 1 amide bonds. The summed E-state index contributed by atoms with van der Waals surface area (Å²) in [5.41, 5.74) is 2.67. The minimum atomic E-state index is -0.0668. The predicted molar refractivity (Wildman–Crippen MR) is 134 cm³/mol. The van der Waals surface area contributed by atoms with E-state index >= 15 is 0 Å². The molecule has 6 nitrogen and oxygen atoms in total. The average Bonchev–Trinajstić information content (AvgIpc) is 3.30. The SMILES string of the molecule is CCOc1ccccc1-c1nc(CC(=O)NCc2ccccc2OCCN(CC)CC)cs1. The van der Waals surface area contributed by atoms with Crippen LogP contribution in [0.5, 0.6) is 11.5 Å². The van der Waals surface area contributed by atoms with Gasteiger partial charge >= 0.3 is 0 Å². The molecule has 0 aliphatic heterocycles. The van der Waals surface area contributed by atoms with Crippen molar-refractivity contribution in [2.24, 2.45) is 0 Å². The fourth-order valence-corrected chi connectivity index (χ4v) is 4.32. The Morgan fingerprint density at radius 2 is 1.73 bits per heavy atom. The third-order valence-corrected chi connectivity index (χ3v) is 6.24. The monoisotopic (exact) mass is 467 g/mol. The first-order valence-electron chi connectivity index (χ1n) is 11.5. The summed E-state index contributed by atoms with van der Waals surface area (Å²) in [5.74, 6) is 1.55. The minimum absolute atomic E-state index is 0.0668. The van der Waals surface area contributed by atoms with Gasteiger partial charge in [-0.15, -0.1) is 11.3 Å². The number of nitrogens with zero attached hydrogens (tertiary/aromatic N) is 2. The molecular weight excluding hydrogens is 434 g/mol. The summed E-state index contributed by atoms with van der Waals surface area (Å²) in [6, 6.07) is 15.7. The van der Waals surface area contributed by atoms with Crippen LogP contribution < -0.4 is 14.8 Å². The van der Waals surface area contributed by atoms with Gasteiger partial charge in [0.25, 0.3) is 0 Å². The van der Waals surface area contributed by atoms with E-state index in [1.807, 2.05) is 60.8 Å². The Bertz CT molecular complexity index is 1020. The number of hydrogen-bond acceptors (Lipinski definition) is 6. The second-order valence-corrected chi connectivity index (χ2v) is 8.37. The Kier molecular flexibility index (Phi) is 9.72. The average molecular weight is 468 g/mol. The molecule has 0 aliphatic carbocycles. The molecule has 176 valence electrons. The summed E-state index contributed by atoms with van der Waals surface area (Å²) >= 11 is 1.52. The van der Waals surface area contributed by atoms with Gasteiger partial charge in [0, 0.05) is 24.0 Å². The van der Waals surface area contributed by atoms with Crippen molar-refractivity contribution in [1.82, 2.24) is 15.2 Å². The van der Waals surface area contributed by atoms with Gasteiger partial charge in [0.2, 0.25) is 5.91 Å². The van der Waals surface area contributed by atoms with Crippen molar-refractivity contribution in [2.75, 3.05) is 32.8 Å². The molecule has 0 unspecified atom stereocenters. The first kappa shape index (κ1) is 24.7. The van der Waals surface area contributed by atoms with Crippen LogP contribution in [0.3, 0.4) is 0 Å². The first-order chi connectivity index (χ1) is 16.1. The number of thiazole rings is 1. The highest BCUT2D eigenvalue weighted by molar-refractivity contribution is 7.13. The summed E-state index contributed by atoms with van der Waals surface area (Å²) in [7, 11) is 0. The van der Waals surface area contributed by atoms with Crippen LogP contribution >= 0.6 is 11.3 Å². The summed E-state index contributed by atoms with van der Waals surface area (Å²) in [6.45, 7) is 10.8. The van der Waals surface area contributed by atoms with Gasteiger partial charge in [-0.05, 0) is 38.2 Å². The van der Waals surface area contributed by atoms with Gasteiger partial charge in [-0.2, -0.15) is 0 Å². The van der Waals surface area contributed by atoms with E-state index < -0.39 is 0 Å². The number of nitrogens with one attached hydrogen (secondary N) is 1. The maximum absolute atomic E-state index is 12.6. The molecule has 33 heavy (non-hydrogen) atoms. The van der Waals surface area contributed by atoms with Crippen LogP contribution in [0, 0.1) is 0 Å². The van der Waals surface area contributed by atoms with E-state index in [9.17, 15) is 4.79 Å². The van der Waals surface area contributed by atoms with Gasteiger partial charge in [0.15, 0.2) is 0 Å². The zero-order chi connectivity index (χ0) is 23.5. The zero-order valence-electron chi connectivity index (χ0n) is 19.7. The minimum Gasteiger partial charge on any atom is -0.493 e. The van der Waals surface area contributed by atoms with Crippen LogP contribution in [0.4, 0.5) is 0 Å². The Morgan fingerprint density at radius 3 is 2.48 bits per heavy atom. The number of benzene rings is 2. The van der Waals surface area contributed by atoms with Crippen molar-refractivity contribution < 1.29 is 14.3 Å². The number of likely N-dealkylation sites (N-methyl/N-ethyl adjacent to an activating group) is 1. The quantitative estimate of drug-likeness (QED) is 0.392. The Hall–Kier alpha value is -2.90. The van der Waals surface area contributed by atoms with Gasteiger partial charge in [-0.3, -0.25) is 4.79 Å². The van der Waals surface area contributed by atoms with Gasteiger partial charge in [0.05, 0.1) is 24.3 Å². The molecule has 3 aromatic rings. The van der Waals surface area contributed by atoms with E-state index in [1.165, 1.54) is 11.3 Å². The highest BCUT2D eigenvalue weighted by Crippen LogP contribution is 2.32. The molecule has 0 aliphatic rings. The second-order valence-electron chi connectivity index (χ2n) is 7.51. The lowest BCUT2D eigenvalue weighted by atomic mass is 10.2. The zero-order valence-corrected chi connectivity index (χ0v) is 20.5.